The van der Waals surface area contributed by atoms with E-state index in [4.69, 9.17) is 9.84 Å². The number of aliphatic hydroxyl groups is 1. The van der Waals surface area contributed by atoms with Crippen LogP contribution in [0.5, 0.6) is 0 Å². The number of ether oxygens (including phenoxy) is 1. The third-order valence-corrected chi connectivity index (χ3v) is 3.06. The van der Waals surface area contributed by atoms with Crippen LogP contribution in [0.4, 0.5) is 0 Å². The fourth-order valence-corrected chi connectivity index (χ4v) is 2.30. The van der Waals surface area contributed by atoms with Crippen molar-refractivity contribution in [1.82, 2.24) is 0 Å². The van der Waals surface area contributed by atoms with Crippen LogP contribution in [0.3, 0.4) is 0 Å². The third-order valence-electron chi connectivity index (χ3n) is 1.83. The lowest BCUT2D eigenvalue weighted by Crippen LogP contribution is -2.05. The van der Waals surface area contributed by atoms with Gasteiger partial charge in [-0.2, -0.15) is 0 Å². The highest BCUT2D eigenvalue weighted by Crippen LogP contribution is 2.26. The maximum absolute atomic E-state index is 8.86. The SMILES string of the molecule is OCc1cc2c(s1)CCOC2. The van der Waals surface area contributed by atoms with Crippen LogP contribution in [-0.2, 0) is 24.4 Å². The third kappa shape index (κ3) is 1.31. The van der Waals surface area contributed by atoms with E-state index in [1.165, 1.54) is 10.4 Å². The summed E-state index contributed by atoms with van der Waals surface area (Å²) in [5.41, 5.74) is 1.27. The Bertz CT molecular complexity index is 231. The molecule has 0 radical (unpaired) electrons. The van der Waals surface area contributed by atoms with E-state index in [2.05, 4.69) is 0 Å². The lowest BCUT2D eigenvalue weighted by atomic mass is 10.2. The first kappa shape index (κ1) is 7.28. The largest absolute Gasteiger partial charge is 0.391 e. The Morgan fingerprint density at radius 2 is 2.55 bits per heavy atom. The molecular formula is C8H10O2S. The normalized spacial score (nSPS) is 16.5. The minimum atomic E-state index is 0.164. The number of rotatable bonds is 1. The van der Waals surface area contributed by atoms with Crippen LogP contribution in [0.1, 0.15) is 15.3 Å². The van der Waals surface area contributed by atoms with Crippen molar-refractivity contribution in [3.8, 4) is 0 Å². The molecular weight excluding hydrogens is 160 g/mol. The summed E-state index contributed by atoms with van der Waals surface area (Å²) in [6, 6.07) is 2.04. The number of fused-ring (bicyclic) bond motifs is 1. The van der Waals surface area contributed by atoms with Gasteiger partial charge >= 0.3 is 0 Å². The molecule has 0 aromatic carbocycles. The van der Waals surface area contributed by atoms with Gasteiger partial charge < -0.3 is 9.84 Å². The monoisotopic (exact) mass is 170 g/mol. The predicted octanol–water partition coefficient (Wildman–Crippen LogP) is 1.31. The van der Waals surface area contributed by atoms with Crippen LogP contribution in [0, 0.1) is 0 Å². The van der Waals surface area contributed by atoms with Crippen molar-refractivity contribution in [2.75, 3.05) is 6.61 Å². The molecule has 1 aromatic rings. The van der Waals surface area contributed by atoms with Gasteiger partial charge in [0.05, 0.1) is 19.8 Å². The molecule has 1 aliphatic rings. The Balaban J connectivity index is 2.32. The zero-order chi connectivity index (χ0) is 7.68. The van der Waals surface area contributed by atoms with Gasteiger partial charge in [-0.3, -0.25) is 0 Å². The molecule has 3 heteroatoms. The second-order valence-corrected chi connectivity index (χ2v) is 3.84. The zero-order valence-electron chi connectivity index (χ0n) is 6.17. The van der Waals surface area contributed by atoms with E-state index >= 15 is 0 Å². The summed E-state index contributed by atoms with van der Waals surface area (Å²) in [5, 5.41) is 8.86. The van der Waals surface area contributed by atoms with Crippen molar-refractivity contribution in [2.24, 2.45) is 0 Å². The zero-order valence-corrected chi connectivity index (χ0v) is 6.99. The van der Waals surface area contributed by atoms with Gasteiger partial charge in [-0.25, -0.2) is 0 Å². The van der Waals surface area contributed by atoms with Gasteiger partial charge in [-0.1, -0.05) is 0 Å². The Morgan fingerprint density at radius 1 is 1.64 bits per heavy atom. The molecule has 0 fully saturated rings. The summed E-state index contributed by atoms with van der Waals surface area (Å²) in [6.07, 6.45) is 1.01. The average molecular weight is 170 g/mol. The molecule has 2 nitrogen and oxygen atoms in total. The molecule has 0 amide bonds. The average Bonchev–Trinajstić information content (AvgIpc) is 2.46. The molecule has 1 aliphatic heterocycles. The van der Waals surface area contributed by atoms with Crippen molar-refractivity contribution in [3.63, 3.8) is 0 Å². The lowest BCUT2D eigenvalue weighted by Gasteiger charge is -2.10. The fourth-order valence-electron chi connectivity index (χ4n) is 1.29. The van der Waals surface area contributed by atoms with Crippen LogP contribution in [0.2, 0.25) is 0 Å². The summed E-state index contributed by atoms with van der Waals surface area (Å²) in [4.78, 5) is 2.45. The molecule has 0 bridgehead atoms. The minimum Gasteiger partial charge on any atom is -0.391 e. The van der Waals surface area contributed by atoms with Crippen molar-refractivity contribution in [2.45, 2.75) is 19.6 Å². The molecule has 1 aromatic heterocycles. The molecule has 0 unspecified atom stereocenters. The minimum absolute atomic E-state index is 0.164. The molecule has 2 rings (SSSR count). The first-order valence-corrected chi connectivity index (χ1v) is 4.51. The maximum Gasteiger partial charge on any atom is 0.0774 e. The molecule has 2 heterocycles. The van der Waals surface area contributed by atoms with Crippen LogP contribution in [-0.4, -0.2) is 11.7 Å². The standard InChI is InChI=1S/C8H10O2S/c9-4-7-3-6-5-10-2-1-8(6)11-7/h3,9H,1-2,4-5H2. The van der Waals surface area contributed by atoms with Crippen molar-refractivity contribution in [1.29, 1.82) is 0 Å². The first-order valence-electron chi connectivity index (χ1n) is 3.69. The van der Waals surface area contributed by atoms with E-state index in [0.29, 0.717) is 0 Å². The molecule has 1 N–H and O–H groups in total. The Morgan fingerprint density at radius 3 is 3.27 bits per heavy atom. The van der Waals surface area contributed by atoms with Crippen molar-refractivity contribution >= 4 is 11.3 Å². The first-order chi connectivity index (χ1) is 5.40. The van der Waals surface area contributed by atoms with Gasteiger partial charge in [0.25, 0.3) is 0 Å². The fraction of sp³-hybridized carbons (Fsp3) is 0.500. The van der Waals surface area contributed by atoms with E-state index in [1.807, 2.05) is 6.07 Å². The van der Waals surface area contributed by atoms with E-state index in [0.717, 1.165) is 24.5 Å². The lowest BCUT2D eigenvalue weighted by molar-refractivity contribution is 0.112. The van der Waals surface area contributed by atoms with E-state index in [1.54, 1.807) is 11.3 Å². The van der Waals surface area contributed by atoms with Crippen molar-refractivity contribution < 1.29 is 9.84 Å². The molecule has 60 valence electrons. The summed E-state index contributed by atoms with van der Waals surface area (Å²) in [5.74, 6) is 0. The van der Waals surface area contributed by atoms with E-state index in [9.17, 15) is 0 Å². The van der Waals surface area contributed by atoms with Crippen LogP contribution >= 0.6 is 11.3 Å². The van der Waals surface area contributed by atoms with Crippen molar-refractivity contribution in [3.05, 3.63) is 21.4 Å². The highest BCUT2D eigenvalue weighted by molar-refractivity contribution is 7.12. The molecule has 11 heavy (non-hydrogen) atoms. The smallest absolute Gasteiger partial charge is 0.0774 e. The molecule has 0 atom stereocenters. The van der Waals surface area contributed by atoms with Crippen LogP contribution in [0.15, 0.2) is 6.07 Å². The molecule has 0 saturated heterocycles. The molecule has 0 aliphatic carbocycles. The van der Waals surface area contributed by atoms with Crippen LogP contribution < -0.4 is 0 Å². The highest BCUT2D eigenvalue weighted by atomic mass is 32.1. The number of aliphatic hydroxyl groups excluding tert-OH is 1. The van der Waals surface area contributed by atoms with Gasteiger partial charge in [0.15, 0.2) is 0 Å². The van der Waals surface area contributed by atoms with Gasteiger partial charge in [0.2, 0.25) is 0 Å². The maximum atomic E-state index is 8.86. The molecule has 0 saturated carbocycles. The summed E-state index contributed by atoms with van der Waals surface area (Å²) >= 11 is 1.71. The Hall–Kier alpha value is -0.380. The summed E-state index contributed by atoms with van der Waals surface area (Å²) in [7, 11) is 0. The summed E-state index contributed by atoms with van der Waals surface area (Å²) < 4.78 is 5.28. The van der Waals surface area contributed by atoms with Gasteiger partial charge in [-0.05, 0) is 11.6 Å². The number of thiophene rings is 1. The van der Waals surface area contributed by atoms with E-state index in [-0.39, 0.29) is 6.61 Å². The van der Waals surface area contributed by atoms with Gasteiger partial charge in [-0.15, -0.1) is 11.3 Å². The van der Waals surface area contributed by atoms with Gasteiger partial charge in [0.1, 0.15) is 0 Å². The summed E-state index contributed by atoms with van der Waals surface area (Å²) in [6.45, 7) is 1.72. The van der Waals surface area contributed by atoms with Crippen LogP contribution in [0.25, 0.3) is 0 Å². The second kappa shape index (κ2) is 2.93. The van der Waals surface area contributed by atoms with Gasteiger partial charge in [0, 0.05) is 16.2 Å². The number of hydrogen-bond donors (Lipinski definition) is 1. The Labute approximate surface area is 69.4 Å². The topological polar surface area (TPSA) is 29.5 Å². The second-order valence-electron chi connectivity index (χ2n) is 2.62. The quantitative estimate of drug-likeness (QED) is 0.688. The Kier molecular flexibility index (Phi) is 1.94. The molecule has 0 spiro atoms. The predicted molar refractivity (Wildman–Crippen MR) is 43.6 cm³/mol. The van der Waals surface area contributed by atoms with E-state index < -0.39 is 0 Å². The number of hydrogen-bond acceptors (Lipinski definition) is 3. The highest BCUT2D eigenvalue weighted by Gasteiger charge is 2.12.